The summed E-state index contributed by atoms with van der Waals surface area (Å²) in [5, 5.41) is 0.0499. The van der Waals surface area contributed by atoms with Gasteiger partial charge in [0.25, 0.3) is 0 Å². The van der Waals surface area contributed by atoms with E-state index < -0.39 is 7.60 Å². The van der Waals surface area contributed by atoms with Crippen molar-refractivity contribution in [3.8, 4) is 11.1 Å². The maximum atomic E-state index is 11.1. The van der Waals surface area contributed by atoms with Crippen molar-refractivity contribution < 1.29 is 14.4 Å². The van der Waals surface area contributed by atoms with Crippen LogP contribution in [0.2, 0.25) is 0 Å². The molecule has 0 aliphatic heterocycles. The molecule has 0 heterocycles. The first kappa shape index (κ1) is 11.1. The molecular formula is C12H11O3P. The van der Waals surface area contributed by atoms with Gasteiger partial charge in [-0.15, -0.1) is 0 Å². The predicted octanol–water partition coefficient (Wildman–Crippen LogP) is 2.16. The molecule has 0 bridgehead atoms. The first-order chi connectivity index (χ1) is 7.57. The third-order valence-electron chi connectivity index (χ3n) is 2.29. The highest BCUT2D eigenvalue weighted by molar-refractivity contribution is 7.60. The molecule has 82 valence electrons. The summed E-state index contributed by atoms with van der Waals surface area (Å²) in [5.41, 5.74) is 1.75. The number of benzene rings is 2. The Morgan fingerprint density at radius 3 is 2.06 bits per heavy atom. The molecule has 0 aliphatic rings. The molecule has 2 N–H and O–H groups in total. The minimum absolute atomic E-state index is 0.0499. The quantitative estimate of drug-likeness (QED) is 0.783. The SMILES string of the molecule is O=P(O)(O)c1cccc(-c2ccccc2)c1. The van der Waals surface area contributed by atoms with E-state index in [9.17, 15) is 4.57 Å². The van der Waals surface area contributed by atoms with Gasteiger partial charge in [-0.25, -0.2) is 0 Å². The van der Waals surface area contributed by atoms with E-state index in [1.165, 1.54) is 12.1 Å². The summed E-state index contributed by atoms with van der Waals surface area (Å²) < 4.78 is 11.1. The van der Waals surface area contributed by atoms with Crippen molar-refractivity contribution in [3.63, 3.8) is 0 Å². The number of hydrogen-bond acceptors (Lipinski definition) is 1. The molecule has 0 atom stereocenters. The molecule has 2 aromatic rings. The van der Waals surface area contributed by atoms with Gasteiger partial charge in [0.1, 0.15) is 0 Å². The molecule has 4 heteroatoms. The minimum atomic E-state index is -4.17. The smallest absolute Gasteiger partial charge is 0.321 e. The average Bonchev–Trinajstić information content (AvgIpc) is 2.29. The Labute approximate surface area is 93.5 Å². The molecule has 0 radical (unpaired) electrons. The van der Waals surface area contributed by atoms with Gasteiger partial charge in [-0.3, -0.25) is 4.57 Å². The van der Waals surface area contributed by atoms with Gasteiger partial charge in [-0.05, 0) is 23.3 Å². The van der Waals surface area contributed by atoms with E-state index in [1.54, 1.807) is 6.07 Å². The first-order valence-corrected chi connectivity index (χ1v) is 6.40. The highest BCUT2D eigenvalue weighted by Gasteiger charge is 2.16. The fourth-order valence-corrected chi connectivity index (χ4v) is 2.08. The Balaban J connectivity index is 2.49. The van der Waals surface area contributed by atoms with Crippen LogP contribution in [-0.4, -0.2) is 9.79 Å². The van der Waals surface area contributed by atoms with Crippen molar-refractivity contribution in [3.05, 3.63) is 54.6 Å². The summed E-state index contributed by atoms with van der Waals surface area (Å²) in [4.78, 5) is 18.1. The van der Waals surface area contributed by atoms with Crippen molar-refractivity contribution in [2.75, 3.05) is 0 Å². The van der Waals surface area contributed by atoms with Crippen LogP contribution >= 0.6 is 7.60 Å². The normalized spacial score (nSPS) is 11.4. The molecule has 2 aromatic carbocycles. The summed E-state index contributed by atoms with van der Waals surface area (Å²) in [6.45, 7) is 0. The number of rotatable bonds is 2. The van der Waals surface area contributed by atoms with Crippen molar-refractivity contribution >= 4 is 12.9 Å². The molecule has 0 aliphatic carbocycles. The van der Waals surface area contributed by atoms with Gasteiger partial charge < -0.3 is 9.79 Å². The summed E-state index contributed by atoms with van der Waals surface area (Å²) >= 11 is 0. The Bertz CT molecular complexity index is 531. The van der Waals surface area contributed by atoms with E-state index in [-0.39, 0.29) is 5.30 Å². The molecule has 0 saturated heterocycles. The minimum Gasteiger partial charge on any atom is -0.321 e. The zero-order chi connectivity index (χ0) is 11.6. The van der Waals surface area contributed by atoms with Gasteiger partial charge >= 0.3 is 7.60 Å². The van der Waals surface area contributed by atoms with E-state index in [4.69, 9.17) is 9.79 Å². The van der Waals surface area contributed by atoms with E-state index in [2.05, 4.69) is 0 Å². The lowest BCUT2D eigenvalue weighted by Crippen LogP contribution is -2.03. The molecule has 0 unspecified atom stereocenters. The largest absolute Gasteiger partial charge is 0.356 e. The van der Waals surface area contributed by atoms with E-state index in [0.717, 1.165) is 11.1 Å². The second-order valence-electron chi connectivity index (χ2n) is 3.46. The lowest BCUT2D eigenvalue weighted by atomic mass is 10.1. The van der Waals surface area contributed by atoms with Crippen LogP contribution in [0.3, 0.4) is 0 Å². The van der Waals surface area contributed by atoms with Gasteiger partial charge in [0, 0.05) is 0 Å². The third-order valence-corrected chi connectivity index (χ3v) is 3.24. The topological polar surface area (TPSA) is 57.5 Å². The second kappa shape index (κ2) is 4.22. The van der Waals surface area contributed by atoms with Crippen LogP contribution in [0.5, 0.6) is 0 Å². The molecule has 0 spiro atoms. The molecule has 0 fully saturated rings. The van der Waals surface area contributed by atoms with Crippen LogP contribution < -0.4 is 5.30 Å². The van der Waals surface area contributed by atoms with Crippen molar-refractivity contribution in [2.24, 2.45) is 0 Å². The summed E-state index contributed by atoms with van der Waals surface area (Å²) in [7, 11) is -4.17. The average molecular weight is 234 g/mol. The number of hydrogen-bond donors (Lipinski definition) is 2. The highest BCUT2D eigenvalue weighted by atomic mass is 31.2. The van der Waals surface area contributed by atoms with Crippen LogP contribution in [0.1, 0.15) is 0 Å². The fourth-order valence-electron chi connectivity index (χ4n) is 1.50. The molecule has 2 rings (SSSR count). The van der Waals surface area contributed by atoms with E-state index >= 15 is 0 Å². The van der Waals surface area contributed by atoms with Gasteiger partial charge in [-0.2, -0.15) is 0 Å². The maximum absolute atomic E-state index is 11.1. The molecule has 0 amide bonds. The summed E-state index contributed by atoms with van der Waals surface area (Å²) in [5.74, 6) is 0. The molecular weight excluding hydrogens is 223 g/mol. The summed E-state index contributed by atoms with van der Waals surface area (Å²) in [6, 6.07) is 15.9. The lowest BCUT2D eigenvalue weighted by molar-refractivity contribution is 0.387. The molecule has 3 nitrogen and oxygen atoms in total. The second-order valence-corrected chi connectivity index (χ2v) is 5.06. The Morgan fingerprint density at radius 2 is 1.44 bits per heavy atom. The first-order valence-electron chi connectivity index (χ1n) is 4.79. The van der Waals surface area contributed by atoms with Crippen molar-refractivity contribution in [2.45, 2.75) is 0 Å². The zero-order valence-corrected chi connectivity index (χ0v) is 9.34. The van der Waals surface area contributed by atoms with Crippen LogP contribution in [-0.2, 0) is 4.57 Å². The third kappa shape index (κ3) is 2.39. The Hall–Kier alpha value is -1.41. The van der Waals surface area contributed by atoms with Gasteiger partial charge in [0.15, 0.2) is 0 Å². The van der Waals surface area contributed by atoms with Gasteiger partial charge in [-0.1, -0.05) is 42.5 Å². The van der Waals surface area contributed by atoms with E-state index in [0.29, 0.717) is 0 Å². The zero-order valence-electron chi connectivity index (χ0n) is 8.45. The van der Waals surface area contributed by atoms with Crippen molar-refractivity contribution in [1.82, 2.24) is 0 Å². The van der Waals surface area contributed by atoms with Crippen LogP contribution in [0.25, 0.3) is 11.1 Å². The van der Waals surface area contributed by atoms with Crippen LogP contribution in [0.15, 0.2) is 54.6 Å². The summed E-state index contributed by atoms with van der Waals surface area (Å²) in [6.07, 6.45) is 0. The lowest BCUT2D eigenvalue weighted by Gasteiger charge is -2.06. The van der Waals surface area contributed by atoms with Crippen molar-refractivity contribution in [1.29, 1.82) is 0 Å². The fraction of sp³-hybridized carbons (Fsp3) is 0. The highest BCUT2D eigenvalue weighted by Crippen LogP contribution is 2.34. The predicted molar refractivity (Wildman–Crippen MR) is 63.6 cm³/mol. The van der Waals surface area contributed by atoms with Crippen LogP contribution in [0, 0.1) is 0 Å². The Kier molecular flexibility index (Phi) is 2.92. The maximum Gasteiger partial charge on any atom is 0.356 e. The Morgan fingerprint density at radius 1 is 0.812 bits per heavy atom. The molecule has 16 heavy (non-hydrogen) atoms. The molecule has 0 aromatic heterocycles. The van der Waals surface area contributed by atoms with E-state index in [1.807, 2.05) is 36.4 Å². The standard InChI is InChI=1S/C12H11O3P/c13-16(14,15)12-8-4-7-11(9-12)10-5-2-1-3-6-10/h1-9H,(H2,13,14,15). The van der Waals surface area contributed by atoms with Crippen LogP contribution in [0.4, 0.5) is 0 Å². The monoisotopic (exact) mass is 234 g/mol. The van der Waals surface area contributed by atoms with Gasteiger partial charge in [0.05, 0.1) is 5.30 Å². The van der Waals surface area contributed by atoms with Gasteiger partial charge in [0.2, 0.25) is 0 Å². The molecule has 0 saturated carbocycles.